The highest BCUT2D eigenvalue weighted by molar-refractivity contribution is 5.32. The van der Waals surface area contributed by atoms with Crippen LogP contribution in [0.2, 0.25) is 0 Å². The summed E-state index contributed by atoms with van der Waals surface area (Å²) in [5.41, 5.74) is 3.88. The van der Waals surface area contributed by atoms with E-state index in [2.05, 4.69) is 96.9 Å². The summed E-state index contributed by atoms with van der Waals surface area (Å²) in [5.74, 6) is 0. The average Bonchev–Trinajstić information content (AvgIpc) is 2.67. The Morgan fingerprint density at radius 2 is 1.56 bits per heavy atom. The molecular formula is C23H22N2. The van der Waals surface area contributed by atoms with Gasteiger partial charge in [0.1, 0.15) is 6.17 Å². The molecular weight excluding hydrogens is 304 g/mol. The molecule has 0 saturated heterocycles. The van der Waals surface area contributed by atoms with Crippen LogP contribution in [0.3, 0.4) is 0 Å². The first-order chi connectivity index (χ1) is 12.3. The molecule has 0 radical (unpaired) electrons. The monoisotopic (exact) mass is 326 g/mol. The Bertz CT molecular complexity index is 959. The molecule has 3 aromatic carbocycles. The van der Waals surface area contributed by atoms with Gasteiger partial charge in [0, 0.05) is 18.0 Å². The lowest BCUT2D eigenvalue weighted by Crippen LogP contribution is -2.38. The predicted octanol–water partition coefficient (Wildman–Crippen LogP) is 3.61. The molecule has 0 saturated carbocycles. The average molecular weight is 326 g/mol. The first kappa shape index (κ1) is 15.6. The second kappa shape index (κ2) is 6.94. The third-order valence-electron chi connectivity index (χ3n) is 4.69. The van der Waals surface area contributed by atoms with E-state index in [9.17, 15) is 0 Å². The van der Waals surface area contributed by atoms with Crippen LogP contribution in [0.1, 0.15) is 22.9 Å². The van der Waals surface area contributed by atoms with Gasteiger partial charge in [-0.2, -0.15) is 0 Å². The minimum Gasteiger partial charge on any atom is -0.351 e. The largest absolute Gasteiger partial charge is 0.351 e. The fourth-order valence-corrected chi connectivity index (χ4v) is 3.26. The van der Waals surface area contributed by atoms with Crippen molar-refractivity contribution < 1.29 is 0 Å². The Labute approximate surface area is 148 Å². The fraction of sp³-hybridized carbons (Fsp3) is 0.174. The van der Waals surface area contributed by atoms with Crippen molar-refractivity contribution in [3.05, 3.63) is 106 Å². The molecule has 0 fully saturated rings. The van der Waals surface area contributed by atoms with E-state index >= 15 is 0 Å². The van der Waals surface area contributed by atoms with E-state index in [0.29, 0.717) is 0 Å². The lowest BCUT2D eigenvalue weighted by molar-refractivity contribution is 0.309. The molecule has 3 aromatic rings. The second-order valence-electron chi connectivity index (χ2n) is 6.57. The number of hydrogen-bond acceptors (Lipinski definition) is 2. The second-order valence-corrected chi connectivity index (χ2v) is 6.57. The number of aryl methyl sites for hydroxylation is 1. The van der Waals surface area contributed by atoms with E-state index in [0.717, 1.165) is 18.3 Å². The van der Waals surface area contributed by atoms with E-state index in [1.54, 1.807) is 0 Å². The van der Waals surface area contributed by atoms with Crippen LogP contribution >= 0.6 is 0 Å². The Balaban J connectivity index is 1.68. The Hall–Kier alpha value is -2.87. The Kier molecular flexibility index (Phi) is 4.34. The number of rotatable bonds is 4. The van der Waals surface area contributed by atoms with Gasteiger partial charge in [-0.3, -0.25) is 4.99 Å². The maximum Gasteiger partial charge on any atom is 0.147 e. The summed E-state index contributed by atoms with van der Waals surface area (Å²) >= 11 is 0. The van der Waals surface area contributed by atoms with Crippen molar-refractivity contribution in [3.63, 3.8) is 0 Å². The van der Waals surface area contributed by atoms with Gasteiger partial charge >= 0.3 is 0 Å². The highest BCUT2D eigenvalue weighted by atomic mass is 15.2. The summed E-state index contributed by atoms with van der Waals surface area (Å²) in [6.45, 7) is 3.07. The van der Waals surface area contributed by atoms with Crippen molar-refractivity contribution in [2.45, 2.75) is 19.5 Å². The van der Waals surface area contributed by atoms with Gasteiger partial charge in [0.2, 0.25) is 0 Å². The third-order valence-corrected chi connectivity index (χ3v) is 4.69. The van der Waals surface area contributed by atoms with E-state index < -0.39 is 0 Å². The zero-order valence-electron chi connectivity index (χ0n) is 14.5. The van der Waals surface area contributed by atoms with Crippen LogP contribution in [0, 0.1) is 6.92 Å². The Morgan fingerprint density at radius 3 is 2.36 bits per heavy atom. The van der Waals surface area contributed by atoms with Gasteiger partial charge in [0.15, 0.2) is 0 Å². The SMILES string of the molecule is Cc1ccc(C2N=c3ccccc3=CN2CCc2ccccc2)cc1. The van der Waals surface area contributed by atoms with Crippen LogP contribution in [0.15, 0.2) is 83.9 Å². The molecule has 0 aliphatic carbocycles. The summed E-state index contributed by atoms with van der Waals surface area (Å²) in [4.78, 5) is 7.39. The summed E-state index contributed by atoms with van der Waals surface area (Å²) in [6.07, 6.45) is 3.31. The molecule has 2 nitrogen and oxygen atoms in total. The van der Waals surface area contributed by atoms with Gasteiger partial charge in [-0.15, -0.1) is 0 Å². The normalized spacial score (nSPS) is 15.9. The molecule has 0 bridgehead atoms. The smallest absolute Gasteiger partial charge is 0.147 e. The van der Waals surface area contributed by atoms with Crippen LogP contribution < -0.4 is 10.6 Å². The van der Waals surface area contributed by atoms with Crippen LogP contribution in [0.5, 0.6) is 0 Å². The molecule has 0 N–H and O–H groups in total. The number of fused-ring (bicyclic) bond motifs is 1. The summed E-state index contributed by atoms with van der Waals surface area (Å²) in [6, 6.07) is 27.8. The lowest BCUT2D eigenvalue weighted by Gasteiger charge is -2.30. The maximum atomic E-state index is 5.03. The fourth-order valence-electron chi connectivity index (χ4n) is 3.26. The number of para-hydroxylation sites is 1. The Morgan fingerprint density at radius 1 is 0.840 bits per heavy atom. The predicted molar refractivity (Wildman–Crippen MR) is 102 cm³/mol. The highest BCUT2D eigenvalue weighted by Crippen LogP contribution is 2.24. The van der Waals surface area contributed by atoms with Crippen LogP contribution in [-0.4, -0.2) is 11.4 Å². The summed E-state index contributed by atoms with van der Waals surface area (Å²) in [5, 5.41) is 2.27. The van der Waals surface area contributed by atoms with Gasteiger partial charge in [-0.25, -0.2) is 0 Å². The maximum absolute atomic E-state index is 5.03. The molecule has 1 unspecified atom stereocenters. The molecule has 1 atom stereocenters. The van der Waals surface area contributed by atoms with Crippen LogP contribution in [0.25, 0.3) is 6.20 Å². The first-order valence-corrected chi connectivity index (χ1v) is 8.80. The minimum atomic E-state index is 0.0409. The van der Waals surface area contributed by atoms with Gasteiger partial charge in [0.05, 0.1) is 5.36 Å². The molecule has 1 aliphatic rings. The van der Waals surface area contributed by atoms with Gasteiger partial charge in [0.25, 0.3) is 0 Å². The summed E-state index contributed by atoms with van der Waals surface area (Å²) in [7, 11) is 0. The number of hydrogen-bond donors (Lipinski definition) is 0. The van der Waals surface area contributed by atoms with Gasteiger partial charge in [-0.05, 0) is 30.5 Å². The standard InChI is InChI=1S/C23H22N2/c1-18-11-13-20(14-12-18)23-24-22-10-6-5-9-21(22)17-25(23)16-15-19-7-3-2-4-8-19/h2-14,17,23H,15-16H2,1H3. The molecule has 0 spiro atoms. The molecule has 25 heavy (non-hydrogen) atoms. The van der Waals surface area contributed by atoms with Crippen molar-refractivity contribution in [3.8, 4) is 0 Å². The zero-order chi connectivity index (χ0) is 17.1. The van der Waals surface area contributed by atoms with Crippen molar-refractivity contribution in [1.82, 2.24) is 4.90 Å². The van der Waals surface area contributed by atoms with Crippen LogP contribution in [0.4, 0.5) is 0 Å². The first-order valence-electron chi connectivity index (χ1n) is 8.80. The minimum absolute atomic E-state index is 0.0409. The van der Waals surface area contributed by atoms with E-state index in [1.807, 2.05) is 0 Å². The highest BCUT2D eigenvalue weighted by Gasteiger charge is 2.19. The van der Waals surface area contributed by atoms with E-state index in [1.165, 1.54) is 21.9 Å². The van der Waals surface area contributed by atoms with Crippen molar-refractivity contribution >= 4 is 6.20 Å². The lowest BCUT2D eigenvalue weighted by atomic mass is 10.1. The number of nitrogens with zero attached hydrogens (tertiary/aromatic N) is 2. The zero-order valence-corrected chi connectivity index (χ0v) is 14.5. The molecule has 2 heteroatoms. The topological polar surface area (TPSA) is 15.6 Å². The van der Waals surface area contributed by atoms with E-state index in [-0.39, 0.29) is 6.17 Å². The molecule has 0 aromatic heterocycles. The third kappa shape index (κ3) is 3.48. The molecule has 1 aliphatic heterocycles. The quantitative estimate of drug-likeness (QED) is 0.715. The van der Waals surface area contributed by atoms with Crippen molar-refractivity contribution in [2.75, 3.05) is 6.54 Å². The van der Waals surface area contributed by atoms with Gasteiger partial charge in [-0.1, -0.05) is 78.4 Å². The van der Waals surface area contributed by atoms with Gasteiger partial charge < -0.3 is 4.90 Å². The van der Waals surface area contributed by atoms with Crippen LogP contribution in [-0.2, 0) is 6.42 Å². The van der Waals surface area contributed by atoms with Crippen molar-refractivity contribution in [2.24, 2.45) is 4.99 Å². The van der Waals surface area contributed by atoms with E-state index in [4.69, 9.17) is 4.99 Å². The molecule has 124 valence electrons. The van der Waals surface area contributed by atoms with Crippen molar-refractivity contribution in [1.29, 1.82) is 0 Å². The molecule has 4 rings (SSSR count). The molecule has 1 heterocycles. The summed E-state index contributed by atoms with van der Waals surface area (Å²) < 4.78 is 0. The molecule has 0 amide bonds. The number of benzene rings is 3.